The molecule has 0 aliphatic heterocycles. The zero-order valence-electron chi connectivity index (χ0n) is 17.6. The minimum Gasteiger partial charge on any atom is -0.360 e. The first-order valence-electron chi connectivity index (χ1n) is 10.4. The summed E-state index contributed by atoms with van der Waals surface area (Å²) in [5, 5.41) is 18.9. The van der Waals surface area contributed by atoms with Crippen molar-refractivity contribution in [2.75, 3.05) is 5.32 Å². The number of hydrogen-bond acceptors (Lipinski definition) is 4. The average Bonchev–Trinajstić information content (AvgIpc) is 3.44. The van der Waals surface area contributed by atoms with Crippen LogP contribution in [0.4, 0.5) is 5.69 Å². The molecule has 0 saturated carbocycles. The van der Waals surface area contributed by atoms with Gasteiger partial charge in [0.15, 0.2) is 0 Å². The van der Waals surface area contributed by atoms with E-state index < -0.39 is 0 Å². The maximum atomic E-state index is 9.73. The van der Waals surface area contributed by atoms with Crippen molar-refractivity contribution < 1.29 is 0 Å². The number of nitrogens with one attached hydrogen (secondary N) is 1. The lowest BCUT2D eigenvalue weighted by atomic mass is 10.1. The van der Waals surface area contributed by atoms with Gasteiger partial charge in [-0.15, -0.1) is 11.3 Å². The van der Waals surface area contributed by atoms with Crippen LogP contribution < -0.4 is 5.32 Å². The van der Waals surface area contributed by atoms with E-state index in [1.54, 1.807) is 18.3 Å². The number of thiazole rings is 1. The number of para-hydroxylation sites is 1. The molecule has 33 heavy (non-hydrogen) atoms. The Morgan fingerprint density at radius 3 is 2.67 bits per heavy atom. The Kier molecular flexibility index (Phi) is 5.82. The van der Waals surface area contributed by atoms with Crippen LogP contribution in [0.3, 0.4) is 0 Å². The largest absolute Gasteiger partial charge is 0.360 e. The van der Waals surface area contributed by atoms with E-state index in [1.807, 2.05) is 17.5 Å². The number of hydrogen-bond donors (Lipinski definition) is 1. The van der Waals surface area contributed by atoms with Gasteiger partial charge in [-0.2, -0.15) is 5.26 Å². The van der Waals surface area contributed by atoms with Gasteiger partial charge in [0, 0.05) is 51.2 Å². The maximum absolute atomic E-state index is 9.73. The van der Waals surface area contributed by atoms with Gasteiger partial charge >= 0.3 is 0 Å². The van der Waals surface area contributed by atoms with Crippen LogP contribution in [0.2, 0.25) is 10.0 Å². The summed E-state index contributed by atoms with van der Waals surface area (Å²) in [7, 11) is 0. The number of halogens is 2. The van der Waals surface area contributed by atoms with Crippen LogP contribution in [-0.4, -0.2) is 9.55 Å². The highest BCUT2D eigenvalue weighted by molar-refractivity contribution is 7.11. The second kappa shape index (κ2) is 8.92. The van der Waals surface area contributed by atoms with Crippen molar-refractivity contribution in [3.63, 3.8) is 0 Å². The highest BCUT2D eigenvalue weighted by Crippen LogP contribution is 2.32. The first kappa shape index (κ1) is 21.5. The van der Waals surface area contributed by atoms with Crippen molar-refractivity contribution in [1.82, 2.24) is 9.55 Å². The summed E-state index contributed by atoms with van der Waals surface area (Å²) in [4.78, 5) is 4.62. The van der Waals surface area contributed by atoms with Crippen molar-refractivity contribution in [1.29, 1.82) is 5.26 Å². The fourth-order valence-corrected chi connectivity index (χ4v) is 5.06. The summed E-state index contributed by atoms with van der Waals surface area (Å²) >= 11 is 13.6. The number of nitrogens with zero attached hydrogens (tertiary/aromatic N) is 3. The molecule has 0 aliphatic rings. The van der Waals surface area contributed by atoms with Gasteiger partial charge in [0.1, 0.15) is 16.6 Å². The second-order valence-electron chi connectivity index (χ2n) is 7.47. The van der Waals surface area contributed by atoms with E-state index in [0.29, 0.717) is 20.6 Å². The third-order valence-electron chi connectivity index (χ3n) is 5.54. The van der Waals surface area contributed by atoms with E-state index in [1.165, 1.54) is 33.1 Å². The SMILES string of the molecule is CCn1c2ccccc2c2cc(N/C=C(\C#N)c3nc(-c4ccc(Cl)c(Cl)c4)cs3)ccc21. The summed E-state index contributed by atoms with van der Waals surface area (Å²) in [6.45, 7) is 3.06. The fourth-order valence-electron chi connectivity index (χ4n) is 3.97. The molecule has 0 amide bonds. The predicted octanol–water partition coefficient (Wildman–Crippen LogP) is 8.22. The number of anilines is 1. The molecule has 0 unspecified atom stereocenters. The smallest absolute Gasteiger partial charge is 0.136 e. The van der Waals surface area contributed by atoms with Crippen molar-refractivity contribution >= 4 is 67.6 Å². The Bertz CT molecular complexity index is 1570. The quantitative estimate of drug-likeness (QED) is 0.253. The van der Waals surface area contributed by atoms with Gasteiger partial charge in [0.2, 0.25) is 0 Å². The van der Waals surface area contributed by atoms with Crippen LogP contribution in [0.5, 0.6) is 0 Å². The van der Waals surface area contributed by atoms with Gasteiger partial charge in [0.25, 0.3) is 0 Å². The molecule has 7 heteroatoms. The first-order chi connectivity index (χ1) is 16.1. The van der Waals surface area contributed by atoms with Crippen LogP contribution in [0.1, 0.15) is 11.9 Å². The van der Waals surface area contributed by atoms with E-state index >= 15 is 0 Å². The summed E-state index contributed by atoms with van der Waals surface area (Å²) in [5.41, 5.74) is 5.40. The number of nitriles is 1. The van der Waals surface area contributed by atoms with Crippen LogP contribution in [0.15, 0.2) is 72.2 Å². The van der Waals surface area contributed by atoms with E-state index in [9.17, 15) is 5.26 Å². The molecule has 0 bridgehead atoms. The van der Waals surface area contributed by atoms with Crippen molar-refractivity contribution in [2.24, 2.45) is 0 Å². The number of fused-ring (bicyclic) bond motifs is 3. The summed E-state index contributed by atoms with van der Waals surface area (Å²) in [6.07, 6.45) is 1.71. The van der Waals surface area contributed by atoms with Gasteiger partial charge in [-0.25, -0.2) is 4.98 Å². The lowest BCUT2D eigenvalue weighted by molar-refractivity contribution is 0.827. The number of allylic oxidation sites excluding steroid dienone is 1. The Hall–Kier alpha value is -3.30. The molecule has 162 valence electrons. The van der Waals surface area contributed by atoms with E-state index in [4.69, 9.17) is 23.2 Å². The zero-order valence-corrected chi connectivity index (χ0v) is 20.0. The molecular formula is C26H18Cl2N4S. The third kappa shape index (κ3) is 3.98. The predicted molar refractivity (Wildman–Crippen MR) is 140 cm³/mol. The Morgan fingerprint density at radius 2 is 1.88 bits per heavy atom. The number of rotatable bonds is 5. The lowest BCUT2D eigenvalue weighted by Gasteiger charge is -2.05. The lowest BCUT2D eigenvalue weighted by Crippen LogP contribution is -1.94. The highest BCUT2D eigenvalue weighted by Gasteiger charge is 2.12. The van der Waals surface area contributed by atoms with E-state index in [2.05, 4.69) is 64.3 Å². The Morgan fingerprint density at radius 1 is 1.06 bits per heavy atom. The van der Waals surface area contributed by atoms with Crippen molar-refractivity contribution in [2.45, 2.75) is 13.5 Å². The molecule has 5 aromatic rings. The molecule has 0 fully saturated rings. The van der Waals surface area contributed by atoms with Crippen LogP contribution >= 0.6 is 34.5 Å². The number of aromatic nitrogens is 2. The van der Waals surface area contributed by atoms with Crippen molar-refractivity contribution in [3.05, 3.63) is 87.3 Å². The normalized spacial score (nSPS) is 11.8. The average molecular weight is 489 g/mol. The molecule has 0 spiro atoms. The molecule has 0 atom stereocenters. The number of aryl methyl sites for hydroxylation is 1. The fraction of sp³-hybridized carbons (Fsp3) is 0.0769. The Balaban J connectivity index is 1.46. The van der Waals surface area contributed by atoms with Gasteiger partial charge in [-0.05, 0) is 43.3 Å². The standard InChI is InChI=1S/C26H18Cl2N4S/c1-2-32-24-6-4-3-5-19(24)20-12-18(8-10-25(20)32)30-14-17(13-29)26-31-23(15-33-26)16-7-9-21(27)22(28)11-16/h3-12,14-15,30H,2H2,1H3/b17-14+. The van der Waals surface area contributed by atoms with Crippen LogP contribution in [0.25, 0.3) is 38.6 Å². The Labute approximate surface area is 205 Å². The van der Waals surface area contributed by atoms with Crippen LogP contribution in [0, 0.1) is 11.3 Å². The molecule has 4 nitrogen and oxygen atoms in total. The highest BCUT2D eigenvalue weighted by atomic mass is 35.5. The second-order valence-corrected chi connectivity index (χ2v) is 9.15. The molecule has 3 aromatic carbocycles. The summed E-state index contributed by atoms with van der Waals surface area (Å²) < 4.78 is 2.31. The third-order valence-corrected chi connectivity index (χ3v) is 7.16. The first-order valence-corrected chi connectivity index (χ1v) is 12.0. The molecule has 0 radical (unpaired) electrons. The molecule has 5 rings (SSSR count). The summed E-state index contributed by atoms with van der Waals surface area (Å²) in [5.74, 6) is 0. The van der Waals surface area contributed by atoms with Gasteiger partial charge in [-0.1, -0.05) is 47.5 Å². The monoisotopic (exact) mass is 488 g/mol. The maximum Gasteiger partial charge on any atom is 0.136 e. The number of benzene rings is 3. The zero-order chi connectivity index (χ0) is 22.9. The van der Waals surface area contributed by atoms with Crippen LogP contribution in [-0.2, 0) is 6.54 Å². The van der Waals surface area contributed by atoms with E-state index in [0.717, 1.165) is 23.5 Å². The molecule has 0 saturated heterocycles. The molecule has 0 aliphatic carbocycles. The van der Waals surface area contributed by atoms with Gasteiger partial charge < -0.3 is 9.88 Å². The van der Waals surface area contributed by atoms with E-state index in [-0.39, 0.29) is 0 Å². The minimum absolute atomic E-state index is 0.461. The molecular weight excluding hydrogens is 471 g/mol. The summed E-state index contributed by atoms with van der Waals surface area (Å²) in [6, 6.07) is 22.3. The van der Waals surface area contributed by atoms with Gasteiger partial charge in [-0.3, -0.25) is 0 Å². The van der Waals surface area contributed by atoms with Gasteiger partial charge in [0.05, 0.1) is 15.7 Å². The molecule has 1 N–H and O–H groups in total. The molecule has 2 aromatic heterocycles. The van der Waals surface area contributed by atoms with Crippen molar-refractivity contribution in [3.8, 4) is 17.3 Å². The molecule has 2 heterocycles. The minimum atomic E-state index is 0.461. The topological polar surface area (TPSA) is 53.6 Å².